The third-order valence-electron chi connectivity index (χ3n) is 3.84. The van der Waals surface area contributed by atoms with Gasteiger partial charge in [-0.05, 0) is 55.8 Å². The summed E-state index contributed by atoms with van der Waals surface area (Å²) in [6.45, 7) is 7.04. The Bertz CT molecular complexity index is 526. The Morgan fingerprint density at radius 1 is 1.33 bits per heavy atom. The van der Waals surface area contributed by atoms with Gasteiger partial charge in [0.2, 0.25) is 0 Å². The molecule has 0 saturated heterocycles. The van der Waals surface area contributed by atoms with Gasteiger partial charge in [0, 0.05) is 5.21 Å². The van der Waals surface area contributed by atoms with E-state index in [1.165, 1.54) is 0 Å². The molecule has 2 heterocycles. The summed E-state index contributed by atoms with van der Waals surface area (Å²) in [4.78, 5) is 4.18. The lowest BCUT2D eigenvalue weighted by atomic mass is 9.84. The van der Waals surface area contributed by atoms with E-state index in [9.17, 15) is 10.4 Å². The number of halogens is 1. The standard InChI is InChI=1S/C12H15BrN3O2/c1-11(2)12(3,4)16(18)10(15(11)17)8-6-5-7-9(13)14-8/h5-7H,1-4H3. The summed E-state index contributed by atoms with van der Waals surface area (Å²) in [7, 11) is 0. The van der Waals surface area contributed by atoms with Crippen molar-refractivity contribution < 1.29 is 9.95 Å². The highest BCUT2D eigenvalue weighted by Gasteiger charge is 2.60. The summed E-state index contributed by atoms with van der Waals surface area (Å²) >= 11 is 3.24. The van der Waals surface area contributed by atoms with Crippen molar-refractivity contribution in [3.05, 3.63) is 33.7 Å². The van der Waals surface area contributed by atoms with E-state index in [4.69, 9.17) is 0 Å². The Morgan fingerprint density at radius 2 is 1.94 bits per heavy atom. The van der Waals surface area contributed by atoms with Gasteiger partial charge in [-0.1, -0.05) is 11.1 Å². The van der Waals surface area contributed by atoms with Gasteiger partial charge in [-0.3, -0.25) is 4.74 Å². The Labute approximate surface area is 114 Å². The fourth-order valence-electron chi connectivity index (χ4n) is 1.85. The average Bonchev–Trinajstić information content (AvgIpc) is 2.38. The highest BCUT2D eigenvalue weighted by atomic mass is 79.9. The predicted octanol–water partition coefficient (Wildman–Crippen LogP) is 2.32. The van der Waals surface area contributed by atoms with E-state index in [2.05, 4.69) is 20.9 Å². The Balaban J connectivity index is 2.61. The zero-order valence-corrected chi connectivity index (χ0v) is 12.4. The minimum Gasteiger partial charge on any atom is -0.714 e. The lowest BCUT2D eigenvalue weighted by Gasteiger charge is -2.32. The van der Waals surface area contributed by atoms with E-state index < -0.39 is 11.1 Å². The third-order valence-corrected chi connectivity index (χ3v) is 4.28. The minimum absolute atomic E-state index is 0.0614. The van der Waals surface area contributed by atoms with Crippen LogP contribution in [0, 0.1) is 5.21 Å². The average molecular weight is 313 g/mol. The van der Waals surface area contributed by atoms with Crippen LogP contribution >= 0.6 is 15.9 Å². The number of hydroxylamine groups is 3. The molecule has 0 aliphatic carbocycles. The van der Waals surface area contributed by atoms with Crippen LogP contribution in [0.1, 0.15) is 33.4 Å². The van der Waals surface area contributed by atoms with Gasteiger partial charge < -0.3 is 5.21 Å². The first-order valence-corrected chi connectivity index (χ1v) is 6.43. The van der Waals surface area contributed by atoms with Gasteiger partial charge in [0.1, 0.15) is 10.1 Å². The van der Waals surface area contributed by atoms with Crippen molar-refractivity contribution >= 4 is 21.8 Å². The van der Waals surface area contributed by atoms with Crippen LogP contribution in [0.2, 0.25) is 0 Å². The fraction of sp³-hybridized carbons (Fsp3) is 0.500. The van der Waals surface area contributed by atoms with Crippen molar-refractivity contribution in [1.29, 1.82) is 0 Å². The molecular formula is C12H15BrN3O2. The number of rotatable bonds is 1. The van der Waals surface area contributed by atoms with Gasteiger partial charge in [0.15, 0.2) is 11.2 Å². The Hall–Kier alpha value is -1.14. The molecule has 2 rings (SSSR count). The summed E-state index contributed by atoms with van der Waals surface area (Å²) < 4.78 is 1.35. The van der Waals surface area contributed by atoms with Crippen LogP contribution in [-0.2, 0) is 5.21 Å². The van der Waals surface area contributed by atoms with Gasteiger partial charge in [0.25, 0.3) is 0 Å². The first kappa shape index (κ1) is 13.3. The molecule has 1 radical (unpaired) electrons. The highest BCUT2D eigenvalue weighted by Crippen LogP contribution is 2.37. The number of nitrogens with zero attached hydrogens (tertiary/aromatic N) is 3. The minimum atomic E-state index is -0.811. The molecule has 0 bridgehead atoms. The molecule has 1 aromatic rings. The van der Waals surface area contributed by atoms with E-state index in [0.717, 1.165) is 9.80 Å². The second kappa shape index (κ2) is 3.93. The van der Waals surface area contributed by atoms with Crippen LogP contribution in [-0.4, -0.2) is 31.7 Å². The van der Waals surface area contributed by atoms with E-state index in [-0.39, 0.29) is 5.84 Å². The quantitative estimate of drug-likeness (QED) is 0.454. The number of hydrogen-bond donors (Lipinski definition) is 0. The molecule has 0 N–H and O–H groups in total. The third kappa shape index (κ3) is 1.63. The molecule has 0 unspecified atom stereocenters. The first-order valence-electron chi connectivity index (χ1n) is 5.64. The highest BCUT2D eigenvalue weighted by molar-refractivity contribution is 9.10. The molecule has 18 heavy (non-hydrogen) atoms. The second-order valence-corrected chi connectivity index (χ2v) is 6.19. The van der Waals surface area contributed by atoms with Crippen molar-refractivity contribution in [1.82, 2.24) is 10.0 Å². The van der Waals surface area contributed by atoms with Crippen LogP contribution in [0.3, 0.4) is 0 Å². The van der Waals surface area contributed by atoms with Gasteiger partial charge >= 0.3 is 5.84 Å². The van der Waals surface area contributed by atoms with Gasteiger partial charge in [-0.15, -0.1) is 0 Å². The SMILES string of the molecule is CC1(C)N([O])C(c2cccc(Br)n2)=[N+]([O-])C1(C)C. The number of aromatic nitrogens is 1. The lowest BCUT2D eigenvalue weighted by Crippen LogP contribution is -2.53. The normalized spacial score (nSPS) is 21.6. The molecule has 1 aliphatic rings. The molecule has 97 valence electrons. The van der Waals surface area contributed by atoms with Crippen LogP contribution in [0.25, 0.3) is 0 Å². The van der Waals surface area contributed by atoms with Crippen molar-refractivity contribution in [2.75, 3.05) is 0 Å². The van der Waals surface area contributed by atoms with E-state index in [1.807, 2.05) is 0 Å². The zero-order chi connectivity index (χ0) is 13.7. The van der Waals surface area contributed by atoms with E-state index >= 15 is 0 Å². The van der Waals surface area contributed by atoms with Crippen molar-refractivity contribution in [2.45, 2.75) is 38.8 Å². The maximum Gasteiger partial charge on any atom is 0.335 e. The molecule has 0 saturated carbocycles. The molecule has 6 heteroatoms. The maximum absolute atomic E-state index is 12.3. The van der Waals surface area contributed by atoms with Crippen LogP contribution < -0.4 is 0 Å². The Kier molecular flexibility index (Phi) is 2.90. The topological polar surface area (TPSA) is 62.1 Å². The summed E-state index contributed by atoms with van der Waals surface area (Å²) in [5.74, 6) is 0.0614. The smallest absolute Gasteiger partial charge is 0.335 e. The lowest BCUT2D eigenvalue weighted by molar-refractivity contribution is -0.539. The molecule has 0 spiro atoms. The first-order chi connectivity index (χ1) is 8.19. The monoisotopic (exact) mass is 312 g/mol. The van der Waals surface area contributed by atoms with Crippen molar-refractivity contribution in [3.8, 4) is 0 Å². The molecule has 0 amide bonds. The van der Waals surface area contributed by atoms with Gasteiger partial charge in [0.05, 0.1) is 0 Å². The van der Waals surface area contributed by atoms with Gasteiger partial charge in [-0.25, -0.2) is 4.98 Å². The van der Waals surface area contributed by atoms with Crippen LogP contribution in [0.5, 0.6) is 0 Å². The number of hydrogen-bond acceptors (Lipinski definition) is 3. The summed E-state index contributed by atoms with van der Waals surface area (Å²) in [6, 6.07) is 5.16. The van der Waals surface area contributed by atoms with E-state index in [1.54, 1.807) is 45.9 Å². The largest absolute Gasteiger partial charge is 0.714 e. The molecule has 0 aromatic carbocycles. The van der Waals surface area contributed by atoms with Crippen molar-refractivity contribution in [2.24, 2.45) is 0 Å². The molecular weight excluding hydrogens is 298 g/mol. The maximum atomic E-state index is 12.3. The number of amidine groups is 1. The van der Waals surface area contributed by atoms with Crippen LogP contribution in [0.15, 0.2) is 22.8 Å². The number of pyridine rings is 1. The van der Waals surface area contributed by atoms with E-state index in [0.29, 0.717) is 10.3 Å². The molecule has 0 fully saturated rings. The second-order valence-electron chi connectivity index (χ2n) is 5.38. The summed E-state index contributed by atoms with van der Waals surface area (Å²) in [6.07, 6.45) is 0. The molecule has 1 aromatic heterocycles. The summed E-state index contributed by atoms with van der Waals surface area (Å²) in [5, 5.41) is 25.5. The van der Waals surface area contributed by atoms with Crippen LogP contribution in [0.4, 0.5) is 0 Å². The molecule has 1 aliphatic heterocycles. The van der Waals surface area contributed by atoms with Gasteiger partial charge in [-0.2, -0.15) is 0 Å². The van der Waals surface area contributed by atoms with Crippen molar-refractivity contribution in [3.63, 3.8) is 0 Å². The molecule has 0 atom stereocenters. The predicted molar refractivity (Wildman–Crippen MR) is 70.4 cm³/mol. The Morgan fingerprint density at radius 3 is 2.39 bits per heavy atom. The fourth-order valence-corrected chi connectivity index (χ4v) is 2.19. The summed E-state index contributed by atoms with van der Waals surface area (Å²) in [5.41, 5.74) is -1.24. The molecule has 5 nitrogen and oxygen atoms in total. The zero-order valence-electron chi connectivity index (χ0n) is 10.8.